The van der Waals surface area contributed by atoms with Crippen LogP contribution in [0.1, 0.15) is 12.2 Å². The van der Waals surface area contributed by atoms with E-state index in [-0.39, 0.29) is 11.8 Å². The van der Waals surface area contributed by atoms with Gasteiger partial charge in [0, 0.05) is 19.2 Å². The number of halogens is 1. The fourth-order valence-electron chi connectivity index (χ4n) is 2.35. The average molecular weight is 295 g/mol. The summed E-state index contributed by atoms with van der Waals surface area (Å²) < 4.78 is 3.51. The fraction of sp³-hybridized carbons (Fsp3) is 0.500. The van der Waals surface area contributed by atoms with Gasteiger partial charge in [0.05, 0.1) is 30.2 Å². The van der Waals surface area contributed by atoms with E-state index >= 15 is 0 Å². The lowest BCUT2D eigenvalue weighted by Crippen LogP contribution is -2.37. The highest BCUT2D eigenvalue weighted by Crippen LogP contribution is 2.17. The minimum absolute atomic E-state index is 0.0367. The van der Waals surface area contributed by atoms with Crippen molar-refractivity contribution in [3.8, 4) is 0 Å². The number of fused-ring (bicyclic) bond motifs is 1. The van der Waals surface area contributed by atoms with E-state index in [0.29, 0.717) is 24.7 Å². The van der Waals surface area contributed by atoms with Crippen LogP contribution in [-0.4, -0.2) is 37.0 Å². The number of nitrogens with one attached hydrogen (secondary N) is 1. The van der Waals surface area contributed by atoms with Crippen molar-refractivity contribution in [1.82, 2.24) is 29.9 Å². The molecule has 1 N–H and O–H groups in total. The van der Waals surface area contributed by atoms with Gasteiger partial charge in [-0.25, -0.2) is 9.67 Å². The lowest BCUT2D eigenvalue weighted by molar-refractivity contribution is -0.126. The van der Waals surface area contributed by atoms with Gasteiger partial charge < -0.3 is 5.32 Å². The Balaban J connectivity index is 1.48. The molecule has 20 heavy (non-hydrogen) atoms. The van der Waals surface area contributed by atoms with Gasteiger partial charge in [-0.1, -0.05) is 11.6 Å². The summed E-state index contributed by atoms with van der Waals surface area (Å²) in [6, 6.07) is 0. The van der Waals surface area contributed by atoms with Crippen LogP contribution in [0.2, 0.25) is 5.02 Å². The highest BCUT2D eigenvalue weighted by atomic mass is 35.5. The van der Waals surface area contributed by atoms with Crippen molar-refractivity contribution in [3.05, 3.63) is 29.6 Å². The van der Waals surface area contributed by atoms with Crippen LogP contribution in [0.5, 0.6) is 0 Å². The zero-order valence-electron chi connectivity index (χ0n) is 10.9. The molecular weight excluding hydrogens is 280 g/mol. The van der Waals surface area contributed by atoms with Gasteiger partial charge >= 0.3 is 0 Å². The predicted molar refractivity (Wildman–Crippen MR) is 72.1 cm³/mol. The smallest absolute Gasteiger partial charge is 0.225 e. The number of hydrogen-bond acceptors (Lipinski definition) is 4. The maximum Gasteiger partial charge on any atom is 0.225 e. The van der Waals surface area contributed by atoms with Crippen LogP contribution in [0, 0.1) is 5.92 Å². The lowest BCUT2D eigenvalue weighted by atomic mass is 9.99. The van der Waals surface area contributed by atoms with Gasteiger partial charge in [-0.3, -0.25) is 9.48 Å². The molecule has 3 rings (SSSR count). The van der Waals surface area contributed by atoms with Crippen LogP contribution >= 0.6 is 11.6 Å². The summed E-state index contributed by atoms with van der Waals surface area (Å²) in [5, 5.41) is 11.7. The molecule has 0 bridgehead atoms. The molecule has 0 saturated carbocycles. The molecule has 1 unspecified atom stereocenters. The van der Waals surface area contributed by atoms with Crippen LogP contribution in [0.15, 0.2) is 18.7 Å². The van der Waals surface area contributed by atoms with E-state index < -0.39 is 0 Å². The molecule has 0 aliphatic carbocycles. The third-order valence-electron chi connectivity index (χ3n) is 3.42. The van der Waals surface area contributed by atoms with Crippen LogP contribution in [0.3, 0.4) is 0 Å². The van der Waals surface area contributed by atoms with Crippen molar-refractivity contribution in [2.75, 3.05) is 6.54 Å². The lowest BCUT2D eigenvalue weighted by Gasteiger charge is -2.21. The summed E-state index contributed by atoms with van der Waals surface area (Å²) in [7, 11) is 0. The van der Waals surface area contributed by atoms with Gasteiger partial charge in [0.25, 0.3) is 0 Å². The molecular formula is C12H15ClN6O. The summed E-state index contributed by atoms with van der Waals surface area (Å²) >= 11 is 5.77. The number of nitrogens with zero attached hydrogens (tertiary/aromatic N) is 5. The van der Waals surface area contributed by atoms with Crippen LogP contribution in [0.25, 0.3) is 0 Å². The third kappa shape index (κ3) is 2.82. The summed E-state index contributed by atoms with van der Waals surface area (Å²) in [6.07, 6.45) is 6.47. The minimum atomic E-state index is -0.0367. The van der Waals surface area contributed by atoms with Crippen molar-refractivity contribution < 1.29 is 4.79 Å². The standard InChI is InChI=1S/C12H15ClN6O/c13-10-5-16-18(7-10)4-3-14-12(20)9-1-2-11-15-8-17-19(11)6-9/h5,7-9H,1-4,6H2,(H,14,20). The number of hydrogen-bond donors (Lipinski definition) is 1. The first-order valence-corrected chi connectivity index (χ1v) is 6.92. The monoisotopic (exact) mass is 294 g/mol. The first-order valence-electron chi connectivity index (χ1n) is 6.55. The third-order valence-corrected chi connectivity index (χ3v) is 3.61. The summed E-state index contributed by atoms with van der Waals surface area (Å²) in [4.78, 5) is 16.2. The molecule has 1 aliphatic rings. The first-order chi connectivity index (χ1) is 9.72. The Hall–Kier alpha value is -1.89. The van der Waals surface area contributed by atoms with Crippen LogP contribution < -0.4 is 5.32 Å². The van der Waals surface area contributed by atoms with Gasteiger partial charge in [-0.15, -0.1) is 0 Å². The Labute approximate surface area is 120 Å². The number of carbonyl (C=O) groups is 1. The molecule has 1 atom stereocenters. The normalized spacial score (nSPS) is 17.8. The molecule has 106 valence electrons. The zero-order chi connectivity index (χ0) is 13.9. The first kappa shape index (κ1) is 13.1. The predicted octanol–water partition coefficient (Wildman–Crippen LogP) is 0.507. The molecule has 0 fully saturated rings. The Morgan fingerprint density at radius 2 is 2.40 bits per heavy atom. The number of rotatable bonds is 4. The van der Waals surface area contributed by atoms with Crippen LogP contribution in [0.4, 0.5) is 0 Å². The van der Waals surface area contributed by atoms with E-state index in [1.165, 1.54) is 6.33 Å². The number of aromatic nitrogens is 5. The van der Waals surface area contributed by atoms with Crippen molar-refractivity contribution in [3.63, 3.8) is 0 Å². The number of aryl methyl sites for hydroxylation is 1. The van der Waals surface area contributed by atoms with E-state index in [4.69, 9.17) is 11.6 Å². The number of amides is 1. The van der Waals surface area contributed by atoms with E-state index in [0.717, 1.165) is 18.7 Å². The van der Waals surface area contributed by atoms with E-state index in [9.17, 15) is 4.79 Å². The fourth-order valence-corrected chi connectivity index (χ4v) is 2.51. The van der Waals surface area contributed by atoms with Gasteiger partial charge in [-0.05, 0) is 6.42 Å². The molecule has 0 aromatic carbocycles. The average Bonchev–Trinajstić information content (AvgIpc) is 3.06. The second kappa shape index (κ2) is 5.62. The largest absolute Gasteiger partial charge is 0.354 e. The van der Waals surface area contributed by atoms with E-state index in [1.807, 2.05) is 0 Å². The Morgan fingerprint density at radius 1 is 1.50 bits per heavy atom. The molecule has 2 aromatic rings. The molecule has 7 nitrogen and oxygen atoms in total. The van der Waals surface area contributed by atoms with Gasteiger partial charge in [0.2, 0.25) is 5.91 Å². The highest BCUT2D eigenvalue weighted by molar-refractivity contribution is 6.30. The van der Waals surface area contributed by atoms with Crippen molar-refractivity contribution in [2.24, 2.45) is 5.92 Å². The SMILES string of the molecule is O=C(NCCn1cc(Cl)cn1)C1CCc2ncnn2C1. The molecule has 3 heterocycles. The van der Waals surface area contributed by atoms with Crippen LogP contribution in [-0.2, 0) is 24.3 Å². The summed E-state index contributed by atoms with van der Waals surface area (Å²) in [6.45, 7) is 1.76. The molecule has 2 aromatic heterocycles. The molecule has 0 radical (unpaired) electrons. The summed E-state index contributed by atoms with van der Waals surface area (Å²) in [5.74, 6) is 0.982. The maximum atomic E-state index is 12.1. The summed E-state index contributed by atoms with van der Waals surface area (Å²) in [5.41, 5.74) is 0. The zero-order valence-corrected chi connectivity index (χ0v) is 11.6. The van der Waals surface area contributed by atoms with Gasteiger partial charge in [0.1, 0.15) is 12.2 Å². The van der Waals surface area contributed by atoms with Gasteiger partial charge in [-0.2, -0.15) is 10.2 Å². The Bertz CT molecular complexity index is 607. The van der Waals surface area contributed by atoms with Crippen molar-refractivity contribution in [1.29, 1.82) is 0 Å². The van der Waals surface area contributed by atoms with Crippen molar-refractivity contribution in [2.45, 2.75) is 25.9 Å². The molecule has 8 heteroatoms. The maximum absolute atomic E-state index is 12.1. The van der Waals surface area contributed by atoms with E-state index in [1.54, 1.807) is 21.8 Å². The second-order valence-corrected chi connectivity index (χ2v) is 5.24. The second-order valence-electron chi connectivity index (χ2n) is 4.81. The quantitative estimate of drug-likeness (QED) is 0.891. The molecule has 1 aliphatic heterocycles. The Kier molecular flexibility index (Phi) is 3.68. The van der Waals surface area contributed by atoms with E-state index in [2.05, 4.69) is 20.5 Å². The molecule has 0 saturated heterocycles. The number of carbonyl (C=O) groups excluding carboxylic acids is 1. The molecule has 1 amide bonds. The topological polar surface area (TPSA) is 77.6 Å². The molecule has 0 spiro atoms. The Morgan fingerprint density at radius 3 is 3.20 bits per heavy atom. The van der Waals surface area contributed by atoms with Crippen molar-refractivity contribution >= 4 is 17.5 Å². The minimum Gasteiger partial charge on any atom is -0.354 e. The van der Waals surface area contributed by atoms with Gasteiger partial charge in [0.15, 0.2) is 0 Å². The highest BCUT2D eigenvalue weighted by Gasteiger charge is 2.25.